The molecule has 1 aliphatic heterocycles. The summed E-state index contributed by atoms with van der Waals surface area (Å²) in [7, 11) is 1.80. The number of para-hydroxylation sites is 1. The van der Waals surface area contributed by atoms with Crippen LogP contribution in [0.15, 0.2) is 60.7 Å². The van der Waals surface area contributed by atoms with E-state index in [9.17, 15) is 4.79 Å². The van der Waals surface area contributed by atoms with E-state index in [2.05, 4.69) is 12.1 Å². The summed E-state index contributed by atoms with van der Waals surface area (Å²) >= 11 is 5.51. The van der Waals surface area contributed by atoms with Gasteiger partial charge < -0.3 is 9.64 Å². The molecule has 1 saturated heterocycles. The minimum atomic E-state index is -0.115. The van der Waals surface area contributed by atoms with Gasteiger partial charge in [-0.1, -0.05) is 48.5 Å². The van der Waals surface area contributed by atoms with Crippen LogP contribution in [0, 0.1) is 0 Å². The molecule has 5 heteroatoms. The van der Waals surface area contributed by atoms with E-state index in [4.69, 9.17) is 17.0 Å². The molecular weight excluding hydrogens is 356 g/mol. The molecule has 0 aromatic heterocycles. The van der Waals surface area contributed by atoms with Gasteiger partial charge in [0.15, 0.2) is 5.05 Å². The Balaban J connectivity index is 1.51. The van der Waals surface area contributed by atoms with Gasteiger partial charge in [-0.25, -0.2) is 4.79 Å². The van der Waals surface area contributed by atoms with Crippen molar-refractivity contribution in [2.24, 2.45) is 0 Å². The van der Waals surface area contributed by atoms with Gasteiger partial charge in [-0.05, 0) is 55.6 Å². The van der Waals surface area contributed by atoms with Crippen LogP contribution in [-0.2, 0) is 11.2 Å². The third kappa shape index (κ3) is 5.07. The SMILES string of the molecule is CN(C(=O)N1CCC[C@H]1C(=S)OCCCc1ccccc1)c1ccccc1. The number of likely N-dealkylation sites (tertiary alicyclic amines) is 1. The molecule has 0 N–H and O–H groups in total. The highest BCUT2D eigenvalue weighted by molar-refractivity contribution is 7.80. The second-order valence-electron chi connectivity index (χ2n) is 6.79. The Labute approximate surface area is 166 Å². The number of rotatable bonds is 6. The Bertz CT molecular complexity index is 751. The van der Waals surface area contributed by atoms with Crippen molar-refractivity contribution < 1.29 is 9.53 Å². The van der Waals surface area contributed by atoms with E-state index in [-0.39, 0.29) is 12.1 Å². The predicted octanol–water partition coefficient (Wildman–Crippen LogP) is 4.68. The van der Waals surface area contributed by atoms with Crippen LogP contribution in [0.5, 0.6) is 0 Å². The number of ether oxygens (including phenoxy) is 1. The standard InChI is InChI=1S/C22H26N2O2S/c1-23(19-13-6-3-7-14-19)22(25)24-16-8-15-20(24)21(27)26-17-9-12-18-10-4-2-5-11-18/h2-7,10-11,13-14,20H,8-9,12,15-17H2,1H3/t20-/m0/s1. The number of hydrogen-bond acceptors (Lipinski definition) is 3. The summed E-state index contributed by atoms with van der Waals surface area (Å²) in [5.74, 6) is 0. The maximum Gasteiger partial charge on any atom is 0.324 e. The van der Waals surface area contributed by atoms with Gasteiger partial charge in [-0.2, -0.15) is 0 Å². The minimum Gasteiger partial charge on any atom is -0.485 e. The Hall–Kier alpha value is -2.40. The van der Waals surface area contributed by atoms with E-state index in [1.807, 2.05) is 53.4 Å². The van der Waals surface area contributed by atoms with Crippen LogP contribution in [0.4, 0.5) is 10.5 Å². The van der Waals surface area contributed by atoms with Crippen molar-refractivity contribution in [3.8, 4) is 0 Å². The first-order chi connectivity index (χ1) is 13.2. The fraction of sp³-hybridized carbons (Fsp3) is 0.364. The van der Waals surface area contributed by atoms with Gasteiger partial charge in [0, 0.05) is 19.3 Å². The number of thiocarbonyl (C=S) groups is 1. The molecule has 0 saturated carbocycles. The van der Waals surface area contributed by atoms with E-state index in [0.717, 1.165) is 31.4 Å². The quantitative estimate of drug-likeness (QED) is 0.537. The fourth-order valence-corrected chi connectivity index (χ4v) is 3.71. The van der Waals surface area contributed by atoms with E-state index >= 15 is 0 Å². The summed E-state index contributed by atoms with van der Waals surface area (Å²) in [5, 5.41) is 0.537. The average molecular weight is 383 g/mol. The van der Waals surface area contributed by atoms with Gasteiger partial charge in [0.1, 0.15) is 6.04 Å². The highest BCUT2D eigenvalue weighted by Gasteiger charge is 2.34. The molecule has 2 aromatic carbocycles. The molecule has 1 atom stereocenters. The van der Waals surface area contributed by atoms with Crippen LogP contribution in [-0.4, -0.2) is 42.2 Å². The van der Waals surface area contributed by atoms with Crippen molar-refractivity contribution in [1.82, 2.24) is 4.90 Å². The van der Waals surface area contributed by atoms with Crippen LogP contribution in [0.2, 0.25) is 0 Å². The van der Waals surface area contributed by atoms with Gasteiger partial charge in [0.05, 0.1) is 6.61 Å². The van der Waals surface area contributed by atoms with Gasteiger partial charge >= 0.3 is 6.03 Å². The van der Waals surface area contributed by atoms with Crippen LogP contribution in [0.1, 0.15) is 24.8 Å². The topological polar surface area (TPSA) is 32.8 Å². The second-order valence-corrected chi connectivity index (χ2v) is 7.19. The molecule has 0 unspecified atom stereocenters. The second kappa shape index (κ2) is 9.51. The molecule has 2 aromatic rings. The van der Waals surface area contributed by atoms with E-state index in [1.54, 1.807) is 11.9 Å². The summed E-state index contributed by atoms with van der Waals surface area (Å²) in [6.07, 6.45) is 3.70. The molecule has 1 aliphatic rings. The molecule has 0 bridgehead atoms. The molecule has 0 spiro atoms. The molecule has 27 heavy (non-hydrogen) atoms. The number of urea groups is 1. The van der Waals surface area contributed by atoms with Gasteiger partial charge in [-0.15, -0.1) is 0 Å². The van der Waals surface area contributed by atoms with E-state index < -0.39 is 0 Å². The number of anilines is 1. The van der Waals surface area contributed by atoms with Crippen molar-refractivity contribution >= 4 is 29.0 Å². The maximum absolute atomic E-state index is 12.9. The molecule has 0 radical (unpaired) electrons. The number of nitrogens with zero attached hydrogens (tertiary/aromatic N) is 2. The van der Waals surface area contributed by atoms with Crippen molar-refractivity contribution in [2.45, 2.75) is 31.7 Å². The van der Waals surface area contributed by atoms with Crippen LogP contribution in [0.3, 0.4) is 0 Å². The Morgan fingerprint density at radius 1 is 1.15 bits per heavy atom. The lowest BCUT2D eigenvalue weighted by Crippen LogP contribution is -2.47. The zero-order valence-corrected chi connectivity index (χ0v) is 16.5. The first-order valence-corrected chi connectivity index (χ1v) is 9.87. The molecule has 0 aliphatic carbocycles. The van der Waals surface area contributed by atoms with E-state index in [1.165, 1.54) is 5.56 Å². The van der Waals surface area contributed by atoms with Crippen LogP contribution >= 0.6 is 12.2 Å². The Kier molecular flexibility index (Phi) is 6.82. The third-order valence-corrected chi connectivity index (χ3v) is 5.29. The minimum absolute atomic E-state index is 0.0288. The van der Waals surface area contributed by atoms with Crippen molar-refractivity contribution in [3.63, 3.8) is 0 Å². The summed E-state index contributed by atoms with van der Waals surface area (Å²) < 4.78 is 5.83. The number of hydrogen-bond donors (Lipinski definition) is 0. The van der Waals surface area contributed by atoms with Crippen molar-refractivity contribution in [3.05, 3.63) is 66.2 Å². The first-order valence-electron chi connectivity index (χ1n) is 9.47. The summed E-state index contributed by atoms with van der Waals surface area (Å²) in [6.45, 7) is 1.30. The largest absolute Gasteiger partial charge is 0.485 e. The monoisotopic (exact) mass is 382 g/mol. The van der Waals surface area contributed by atoms with Crippen molar-refractivity contribution in [1.29, 1.82) is 0 Å². The highest BCUT2D eigenvalue weighted by Crippen LogP contribution is 2.23. The van der Waals surface area contributed by atoms with Crippen molar-refractivity contribution in [2.75, 3.05) is 25.1 Å². The lowest BCUT2D eigenvalue weighted by molar-refractivity contribution is 0.202. The Morgan fingerprint density at radius 3 is 2.52 bits per heavy atom. The van der Waals surface area contributed by atoms with Crippen LogP contribution in [0.25, 0.3) is 0 Å². The summed E-state index contributed by atoms with van der Waals surface area (Å²) in [4.78, 5) is 16.4. The molecule has 1 heterocycles. The fourth-order valence-electron chi connectivity index (χ4n) is 3.39. The lowest BCUT2D eigenvalue weighted by atomic mass is 10.1. The number of amides is 2. The molecular formula is C22H26N2O2S. The maximum atomic E-state index is 12.9. The number of benzene rings is 2. The smallest absolute Gasteiger partial charge is 0.324 e. The molecule has 1 fully saturated rings. The van der Waals surface area contributed by atoms with Gasteiger partial charge in [0.2, 0.25) is 0 Å². The van der Waals surface area contributed by atoms with Gasteiger partial charge in [0.25, 0.3) is 0 Å². The molecule has 4 nitrogen and oxygen atoms in total. The number of carbonyl (C=O) groups excluding carboxylic acids is 1. The molecule has 3 rings (SSSR count). The first kappa shape index (κ1) is 19.4. The zero-order valence-electron chi connectivity index (χ0n) is 15.7. The Morgan fingerprint density at radius 2 is 1.81 bits per heavy atom. The summed E-state index contributed by atoms with van der Waals surface area (Å²) in [6, 6.07) is 19.9. The molecule has 142 valence electrons. The third-order valence-electron chi connectivity index (χ3n) is 4.90. The lowest BCUT2D eigenvalue weighted by Gasteiger charge is -2.29. The highest BCUT2D eigenvalue weighted by atomic mass is 32.1. The summed E-state index contributed by atoms with van der Waals surface area (Å²) in [5.41, 5.74) is 2.18. The molecule has 2 amide bonds. The number of aryl methyl sites for hydroxylation is 1. The zero-order chi connectivity index (χ0) is 19.1. The predicted molar refractivity (Wildman–Crippen MR) is 113 cm³/mol. The number of carbonyl (C=O) groups is 1. The van der Waals surface area contributed by atoms with Crippen LogP contribution < -0.4 is 4.90 Å². The normalized spacial score (nSPS) is 16.2. The van der Waals surface area contributed by atoms with Gasteiger partial charge in [-0.3, -0.25) is 4.90 Å². The average Bonchev–Trinajstić information content (AvgIpc) is 3.21. The van der Waals surface area contributed by atoms with E-state index in [0.29, 0.717) is 18.2 Å².